The molecule has 1 atom stereocenters. The van der Waals surface area contributed by atoms with Crippen molar-refractivity contribution in [2.24, 2.45) is 0 Å². The lowest BCUT2D eigenvalue weighted by Crippen LogP contribution is -2.47. The maximum Gasteiger partial charge on any atom is 0.317 e. The molecular weight excluding hydrogens is 364 g/mol. The van der Waals surface area contributed by atoms with Crippen molar-refractivity contribution in [3.8, 4) is 0 Å². The van der Waals surface area contributed by atoms with E-state index in [2.05, 4.69) is 47.1 Å². The Morgan fingerprint density at radius 3 is 2.72 bits per heavy atom. The highest BCUT2D eigenvalue weighted by atomic mass is 16.5. The largest absolute Gasteiger partial charge is 0.374 e. The van der Waals surface area contributed by atoms with Crippen LogP contribution in [-0.2, 0) is 11.3 Å². The number of likely N-dealkylation sites (tertiary alicyclic amines) is 1. The van der Waals surface area contributed by atoms with Gasteiger partial charge < -0.3 is 19.5 Å². The number of urea groups is 1. The van der Waals surface area contributed by atoms with Gasteiger partial charge >= 0.3 is 6.03 Å². The van der Waals surface area contributed by atoms with Gasteiger partial charge in [-0.3, -0.25) is 0 Å². The molecule has 1 aromatic heterocycles. The van der Waals surface area contributed by atoms with Gasteiger partial charge in [-0.25, -0.2) is 9.78 Å². The van der Waals surface area contributed by atoms with Gasteiger partial charge in [0.15, 0.2) is 0 Å². The molecule has 5 rings (SSSR count). The molecule has 2 aliphatic rings. The second kappa shape index (κ2) is 7.52. The van der Waals surface area contributed by atoms with Crippen molar-refractivity contribution >= 4 is 17.1 Å². The minimum Gasteiger partial charge on any atom is -0.374 e. The zero-order valence-electron chi connectivity index (χ0n) is 16.7. The third kappa shape index (κ3) is 3.38. The summed E-state index contributed by atoms with van der Waals surface area (Å²) in [6.45, 7) is 4.71. The van der Waals surface area contributed by atoms with Gasteiger partial charge in [0.05, 0.1) is 30.3 Å². The van der Waals surface area contributed by atoms with Crippen LogP contribution in [0.1, 0.15) is 41.9 Å². The number of piperidine rings is 1. The van der Waals surface area contributed by atoms with Gasteiger partial charge in [0.1, 0.15) is 5.82 Å². The molecular formula is C23H26N4O2. The number of fused-ring (bicyclic) bond motifs is 2. The van der Waals surface area contributed by atoms with Gasteiger partial charge in [0.25, 0.3) is 0 Å². The Balaban J connectivity index is 1.25. The van der Waals surface area contributed by atoms with Gasteiger partial charge in [-0.05, 0) is 43.0 Å². The number of aromatic nitrogens is 2. The topological polar surface area (TPSA) is 59.4 Å². The quantitative estimate of drug-likeness (QED) is 0.720. The van der Waals surface area contributed by atoms with Gasteiger partial charge in [0, 0.05) is 19.1 Å². The molecule has 1 saturated heterocycles. The zero-order chi connectivity index (χ0) is 19.8. The van der Waals surface area contributed by atoms with E-state index in [1.165, 1.54) is 11.1 Å². The molecule has 2 amide bonds. The van der Waals surface area contributed by atoms with Gasteiger partial charge in [-0.15, -0.1) is 0 Å². The van der Waals surface area contributed by atoms with Crippen LogP contribution in [0.4, 0.5) is 4.79 Å². The number of benzene rings is 2. The number of rotatable bonds is 2. The number of ether oxygens (including phenoxy) is 1. The third-order valence-electron chi connectivity index (χ3n) is 6.16. The molecule has 29 heavy (non-hydrogen) atoms. The van der Waals surface area contributed by atoms with Crippen LogP contribution >= 0.6 is 0 Å². The van der Waals surface area contributed by atoms with E-state index in [1.54, 1.807) is 0 Å². The van der Waals surface area contributed by atoms with Crippen molar-refractivity contribution in [1.29, 1.82) is 0 Å². The third-order valence-corrected chi connectivity index (χ3v) is 6.16. The Morgan fingerprint density at radius 2 is 1.86 bits per heavy atom. The molecule has 1 fully saturated rings. The molecule has 0 aliphatic carbocycles. The summed E-state index contributed by atoms with van der Waals surface area (Å²) in [7, 11) is 0. The van der Waals surface area contributed by atoms with Gasteiger partial charge in [-0.2, -0.15) is 0 Å². The van der Waals surface area contributed by atoms with E-state index in [0.29, 0.717) is 19.3 Å². The summed E-state index contributed by atoms with van der Waals surface area (Å²) < 4.78 is 8.02. The SMILES string of the molecule is Cc1nc2ccccc2n1C1CCN(C(=O)NC2COCc3ccccc32)CC1. The second-order valence-corrected chi connectivity index (χ2v) is 7.95. The molecule has 1 unspecified atom stereocenters. The molecule has 150 valence electrons. The molecule has 6 nitrogen and oxygen atoms in total. The number of imidazole rings is 1. The van der Waals surface area contributed by atoms with Crippen molar-refractivity contribution in [3.63, 3.8) is 0 Å². The van der Waals surface area contributed by atoms with Crippen LogP contribution in [0.3, 0.4) is 0 Å². The minimum atomic E-state index is -0.0787. The Morgan fingerprint density at radius 1 is 1.10 bits per heavy atom. The summed E-state index contributed by atoms with van der Waals surface area (Å²) in [5.41, 5.74) is 4.55. The van der Waals surface area contributed by atoms with Crippen LogP contribution in [-0.4, -0.2) is 40.2 Å². The maximum absolute atomic E-state index is 12.9. The van der Waals surface area contributed by atoms with Crippen LogP contribution in [0.25, 0.3) is 11.0 Å². The number of hydrogen-bond acceptors (Lipinski definition) is 3. The fourth-order valence-electron chi connectivity index (χ4n) is 4.69. The Bertz CT molecular complexity index is 1040. The van der Waals surface area contributed by atoms with E-state index in [1.807, 2.05) is 23.1 Å². The molecule has 0 bridgehead atoms. The fraction of sp³-hybridized carbons (Fsp3) is 0.391. The summed E-state index contributed by atoms with van der Waals surface area (Å²) in [5, 5.41) is 3.18. The molecule has 0 spiro atoms. The fourth-order valence-corrected chi connectivity index (χ4v) is 4.69. The summed E-state index contributed by atoms with van der Waals surface area (Å²) in [6, 6.07) is 16.8. The normalized spacial score (nSPS) is 19.9. The molecule has 2 aliphatic heterocycles. The number of carbonyl (C=O) groups is 1. The first-order valence-corrected chi connectivity index (χ1v) is 10.4. The Hall–Kier alpha value is -2.86. The zero-order valence-corrected chi connectivity index (χ0v) is 16.7. The van der Waals surface area contributed by atoms with Crippen LogP contribution < -0.4 is 5.32 Å². The minimum absolute atomic E-state index is 0.000893. The lowest BCUT2D eigenvalue weighted by molar-refractivity contribution is 0.0807. The second-order valence-electron chi connectivity index (χ2n) is 7.95. The van der Waals surface area contributed by atoms with Crippen LogP contribution in [0.5, 0.6) is 0 Å². The van der Waals surface area contributed by atoms with E-state index in [0.717, 1.165) is 42.8 Å². The smallest absolute Gasteiger partial charge is 0.317 e. The standard InChI is InChI=1S/C23H26N4O2/c1-16-24-20-8-4-5-9-22(20)27(16)18-10-12-26(13-11-18)23(28)25-21-15-29-14-17-6-2-3-7-19(17)21/h2-9,18,21H,10-15H2,1H3,(H,25,28). The first-order valence-electron chi connectivity index (χ1n) is 10.4. The van der Waals surface area contributed by atoms with Crippen LogP contribution in [0, 0.1) is 6.92 Å². The summed E-state index contributed by atoms with van der Waals surface area (Å²) in [5.74, 6) is 1.05. The van der Waals surface area contributed by atoms with Gasteiger partial charge in [0.2, 0.25) is 0 Å². The lowest BCUT2D eigenvalue weighted by atomic mass is 9.99. The summed E-state index contributed by atoms with van der Waals surface area (Å²) in [4.78, 5) is 19.5. The predicted octanol–water partition coefficient (Wildman–Crippen LogP) is 3.96. The van der Waals surface area contributed by atoms with Gasteiger partial charge in [-0.1, -0.05) is 36.4 Å². The number of para-hydroxylation sites is 2. The highest BCUT2D eigenvalue weighted by molar-refractivity contribution is 5.76. The van der Waals surface area contributed by atoms with Crippen LogP contribution in [0.2, 0.25) is 0 Å². The van der Waals surface area contributed by atoms with E-state index < -0.39 is 0 Å². The first-order chi connectivity index (χ1) is 14.2. The highest BCUT2D eigenvalue weighted by Gasteiger charge is 2.28. The van der Waals surface area contributed by atoms with E-state index in [-0.39, 0.29) is 12.1 Å². The van der Waals surface area contributed by atoms with Crippen molar-refractivity contribution in [2.45, 2.75) is 38.5 Å². The first kappa shape index (κ1) is 18.2. The van der Waals surface area contributed by atoms with Crippen LogP contribution in [0.15, 0.2) is 48.5 Å². The summed E-state index contributed by atoms with van der Waals surface area (Å²) >= 11 is 0. The monoisotopic (exact) mass is 390 g/mol. The van der Waals surface area contributed by atoms with Crippen molar-refractivity contribution in [1.82, 2.24) is 19.8 Å². The molecule has 0 saturated carbocycles. The number of nitrogens with zero attached hydrogens (tertiary/aromatic N) is 3. The molecule has 3 aromatic rings. The van der Waals surface area contributed by atoms with E-state index in [4.69, 9.17) is 9.72 Å². The van der Waals surface area contributed by atoms with E-state index in [9.17, 15) is 4.79 Å². The lowest BCUT2D eigenvalue weighted by Gasteiger charge is -2.35. The average molecular weight is 390 g/mol. The number of carbonyl (C=O) groups excluding carboxylic acids is 1. The van der Waals surface area contributed by atoms with Crippen molar-refractivity contribution < 1.29 is 9.53 Å². The molecule has 1 N–H and O–H groups in total. The average Bonchev–Trinajstić information content (AvgIpc) is 3.10. The van der Waals surface area contributed by atoms with Crippen molar-refractivity contribution in [3.05, 3.63) is 65.5 Å². The number of hydrogen-bond donors (Lipinski definition) is 1. The molecule has 3 heterocycles. The number of aryl methyl sites for hydroxylation is 1. The maximum atomic E-state index is 12.9. The molecule has 0 radical (unpaired) electrons. The molecule has 2 aromatic carbocycles. The number of amides is 2. The molecule has 6 heteroatoms. The number of nitrogens with one attached hydrogen (secondary N) is 1. The summed E-state index contributed by atoms with van der Waals surface area (Å²) in [6.07, 6.45) is 1.87. The van der Waals surface area contributed by atoms with Crippen molar-refractivity contribution in [2.75, 3.05) is 19.7 Å². The predicted molar refractivity (Wildman–Crippen MR) is 112 cm³/mol. The highest BCUT2D eigenvalue weighted by Crippen LogP contribution is 2.29. The Labute approximate surface area is 170 Å². The Kier molecular flexibility index (Phi) is 4.72. The van der Waals surface area contributed by atoms with E-state index >= 15 is 0 Å².